The number of hydrogen-bond donors (Lipinski definition) is 2. The van der Waals surface area contributed by atoms with E-state index in [0.29, 0.717) is 16.8 Å². The average molecular weight is 466 g/mol. The Kier molecular flexibility index (Phi) is 7.31. The van der Waals surface area contributed by atoms with Gasteiger partial charge in [0.1, 0.15) is 18.2 Å². The lowest BCUT2D eigenvalue weighted by atomic mass is 10.1. The number of carbonyl (C=O) groups is 2. The predicted molar refractivity (Wildman–Crippen MR) is 123 cm³/mol. The van der Waals surface area contributed by atoms with Crippen LogP contribution in [0.5, 0.6) is 0 Å². The average Bonchev–Trinajstić information content (AvgIpc) is 3.38. The zero-order chi connectivity index (χ0) is 23.9. The fourth-order valence-electron chi connectivity index (χ4n) is 3.75. The molecule has 0 radical (unpaired) electrons. The van der Waals surface area contributed by atoms with E-state index in [2.05, 4.69) is 20.5 Å². The third-order valence-electron chi connectivity index (χ3n) is 5.47. The molecular weight excluding hydrogens is 442 g/mol. The van der Waals surface area contributed by atoms with Crippen LogP contribution in [0.4, 0.5) is 25.0 Å². The van der Waals surface area contributed by atoms with Gasteiger partial charge in [0.25, 0.3) is 5.91 Å². The van der Waals surface area contributed by atoms with Gasteiger partial charge in [-0.2, -0.15) is 0 Å². The summed E-state index contributed by atoms with van der Waals surface area (Å²) < 4.78 is 33.4. The predicted octanol–water partition coefficient (Wildman–Crippen LogP) is 4.64. The molecule has 0 unspecified atom stereocenters. The van der Waals surface area contributed by atoms with Crippen molar-refractivity contribution in [3.8, 4) is 0 Å². The number of amides is 2. The molecule has 2 amide bonds. The summed E-state index contributed by atoms with van der Waals surface area (Å²) in [6, 6.07) is 11.8. The van der Waals surface area contributed by atoms with E-state index in [1.807, 2.05) is 0 Å². The maximum absolute atomic E-state index is 14.5. The first kappa shape index (κ1) is 23.2. The Morgan fingerprint density at radius 3 is 2.59 bits per heavy atom. The van der Waals surface area contributed by atoms with E-state index in [4.69, 9.17) is 4.74 Å². The van der Waals surface area contributed by atoms with Crippen molar-refractivity contribution in [2.24, 2.45) is 0 Å². The fourth-order valence-corrected chi connectivity index (χ4v) is 3.75. The molecule has 0 saturated carbocycles. The lowest BCUT2D eigenvalue weighted by molar-refractivity contribution is 0.0951. The van der Waals surface area contributed by atoms with Crippen molar-refractivity contribution in [1.29, 1.82) is 0 Å². The number of carbonyl (C=O) groups excluding carboxylic acids is 2. The largest absolute Gasteiger partial charge is 0.444 e. The summed E-state index contributed by atoms with van der Waals surface area (Å²) in [5.74, 6) is -1.61. The van der Waals surface area contributed by atoms with Crippen molar-refractivity contribution in [3.05, 3.63) is 89.2 Å². The molecule has 1 aromatic heterocycles. The number of rotatable bonds is 7. The Labute approximate surface area is 195 Å². The van der Waals surface area contributed by atoms with Crippen molar-refractivity contribution >= 4 is 23.4 Å². The highest BCUT2D eigenvalue weighted by Gasteiger charge is 2.20. The highest BCUT2D eigenvalue weighted by molar-refractivity contribution is 5.99. The molecule has 0 spiro atoms. The van der Waals surface area contributed by atoms with Gasteiger partial charge in [-0.05, 0) is 54.8 Å². The molecule has 1 saturated heterocycles. The van der Waals surface area contributed by atoms with E-state index in [-0.39, 0.29) is 24.4 Å². The van der Waals surface area contributed by atoms with Crippen LogP contribution in [-0.4, -0.2) is 30.1 Å². The number of pyridine rings is 1. The monoisotopic (exact) mass is 466 g/mol. The summed E-state index contributed by atoms with van der Waals surface area (Å²) in [4.78, 5) is 30.7. The first-order chi connectivity index (χ1) is 16.5. The van der Waals surface area contributed by atoms with Gasteiger partial charge in [-0.1, -0.05) is 12.1 Å². The number of halogens is 2. The number of aromatic nitrogens is 1. The molecular formula is C25H24F2N4O3. The van der Waals surface area contributed by atoms with Crippen LogP contribution < -0.4 is 15.5 Å². The Morgan fingerprint density at radius 2 is 1.85 bits per heavy atom. The standard InChI is InChI=1S/C25H24F2N4O3/c26-19-6-8-23(31-10-1-2-11-31)20(13-19)24(32)29-15-17-5-7-22(21(27)12-17)30-25(33)34-16-18-4-3-9-28-14-18/h3-9,12-14H,1-2,10-11,15-16H2,(H,29,32)(H,30,33). The van der Waals surface area contributed by atoms with Gasteiger partial charge in [0.15, 0.2) is 0 Å². The minimum absolute atomic E-state index is 0.00487. The fraction of sp³-hybridized carbons (Fsp3) is 0.240. The Balaban J connectivity index is 1.34. The zero-order valence-corrected chi connectivity index (χ0v) is 18.4. The van der Waals surface area contributed by atoms with E-state index in [1.54, 1.807) is 36.7 Å². The summed E-state index contributed by atoms with van der Waals surface area (Å²) in [6.45, 7) is 1.68. The molecule has 4 rings (SSSR count). The van der Waals surface area contributed by atoms with E-state index in [1.165, 1.54) is 24.3 Å². The molecule has 0 bridgehead atoms. The molecule has 9 heteroatoms. The highest BCUT2D eigenvalue weighted by atomic mass is 19.1. The van der Waals surface area contributed by atoms with Crippen molar-refractivity contribution in [1.82, 2.24) is 10.3 Å². The van der Waals surface area contributed by atoms with Crippen molar-refractivity contribution in [2.75, 3.05) is 23.3 Å². The number of nitrogens with zero attached hydrogens (tertiary/aromatic N) is 2. The van der Waals surface area contributed by atoms with Gasteiger partial charge >= 0.3 is 6.09 Å². The van der Waals surface area contributed by atoms with Crippen LogP contribution in [0.3, 0.4) is 0 Å². The number of nitrogens with one attached hydrogen (secondary N) is 2. The van der Waals surface area contributed by atoms with E-state index in [0.717, 1.165) is 25.9 Å². The van der Waals surface area contributed by atoms with Crippen LogP contribution in [0.2, 0.25) is 0 Å². The molecule has 1 aliphatic heterocycles. The second-order valence-electron chi connectivity index (χ2n) is 7.91. The first-order valence-electron chi connectivity index (χ1n) is 10.9. The Morgan fingerprint density at radius 1 is 1.03 bits per heavy atom. The van der Waals surface area contributed by atoms with Gasteiger partial charge < -0.3 is 15.0 Å². The van der Waals surface area contributed by atoms with Gasteiger partial charge in [0, 0.05) is 43.3 Å². The van der Waals surface area contributed by atoms with Crippen LogP contribution >= 0.6 is 0 Å². The SMILES string of the molecule is O=C(Nc1ccc(CNC(=O)c2cc(F)ccc2N2CCCC2)cc1F)OCc1cccnc1. The third-order valence-corrected chi connectivity index (χ3v) is 5.47. The van der Waals surface area contributed by atoms with Gasteiger partial charge in [-0.15, -0.1) is 0 Å². The van der Waals surface area contributed by atoms with Crippen LogP contribution in [0.15, 0.2) is 60.9 Å². The molecule has 34 heavy (non-hydrogen) atoms. The van der Waals surface area contributed by atoms with E-state index in [9.17, 15) is 18.4 Å². The van der Waals surface area contributed by atoms with Crippen LogP contribution in [0, 0.1) is 11.6 Å². The minimum Gasteiger partial charge on any atom is -0.444 e. The van der Waals surface area contributed by atoms with Crippen molar-refractivity contribution < 1.29 is 23.1 Å². The molecule has 1 fully saturated rings. The molecule has 3 aromatic rings. The first-order valence-corrected chi connectivity index (χ1v) is 10.9. The van der Waals surface area contributed by atoms with Gasteiger partial charge in [-0.3, -0.25) is 15.1 Å². The summed E-state index contributed by atoms with van der Waals surface area (Å²) >= 11 is 0. The second-order valence-corrected chi connectivity index (χ2v) is 7.91. The number of ether oxygens (including phenoxy) is 1. The van der Waals surface area contributed by atoms with Crippen LogP contribution in [0.1, 0.15) is 34.3 Å². The smallest absolute Gasteiger partial charge is 0.412 e. The quantitative estimate of drug-likeness (QED) is 0.530. The number of anilines is 2. The molecule has 1 aliphatic rings. The maximum Gasteiger partial charge on any atom is 0.412 e. The molecule has 0 aliphatic carbocycles. The van der Waals surface area contributed by atoms with E-state index < -0.39 is 23.6 Å². The third kappa shape index (κ3) is 5.86. The van der Waals surface area contributed by atoms with Crippen LogP contribution in [0.25, 0.3) is 0 Å². The summed E-state index contributed by atoms with van der Waals surface area (Å²) in [5, 5.41) is 5.07. The van der Waals surface area contributed by atoms with Gasteiger partial charge in [0.05, 0.1) is 11.3 Å². The molecule has 7 nitrogen and oxygen atoms in total. The van der Waals surface area contributed by atoms with Crippen molar-refractivity contribution in [2.45, 2.75) is 26.0 Å². The molecule has 2 aromatic carbocycles. The minimum atomic E-state index is -0.802. The number of hydrogen-bond acceptors (Lipinski definition) is 5. The van der Waals surface area contributed by atoms with Gasteiger partial charge in [0.2, 0.25) is 0 Å². The van der Waals surface area contributed by atoms with Gasteiger partial charge in [-0.25, -0.2) is 13.6 Å². The summed E-state index contributed by atoms with van der Waals surface area (Å²) in [5.41, 5.74) is 2.08. The molecule has 2 N–H and O–H groups in total. The van der Waals surface area contributed by atoms with Crippen molar-refractivity contribution in [3.63, 3.8) is 0 Å². The van der Waals surface area contributed by atoms with Crippen LogP contribution in [-0.2, 0) is 17.9 Å². The topological polar surface area (TPSA) is 83.6 Å². The maximum atomic E-state index is 14.5. The lowest BCUT2D eigenvalue weighted by Gasteiger charge is -2.21. The number of benzene rings is 2. The Bertz CT molecular complexity index is 1170. The Hall–Kier alpha value is -4.01. The highest BCUT2D eigenvalue weighted by Crippen LogP contribution is 2.26. The normalized spacial score (nSPS) is 12.9. The summed E-state index contributed by atoms with van der Waals surface area (Å²) in [6.07, 6.45) is 4.41. The molecule has 2 heterocycles. The lowest BCUT2D eigenvalue weighted by Crippen LogP contribution is -2.27. The van der Waals surface area contributed by atoms with E-state index >= 15 is 0 Å². The molecule has 0 atom stereocenters. The summed E-state index contributed by atoms with van der Waals surface area (Å²) in [7, 11) is 0. The second kappa shape index (κ2) is 10.7. The molecule has 176 valence electrons. The zero-order valence-electron chi connectivity index (χ0n) is 18.4.